The van der Waals surface area contributed by atoms with Crippen LogP contribution in [0.2, 0.25) is 0 Å². The van der Waals surface area contributed by atoms with E-state index in [0.717, 1.165) is 27.3 Å². The molecule has 4 heterocycles. The minimum absolute atomic E-state index is 0.0808. The Balaban J connectivity index is 1.64. The Kier molecular flexibility index (Phi) is 2.65. The van der Waals surface area contributed by atoms with Gasteiger partial charge < -0.3 is 4.42 Å². The van der Waals surface area contributed by atoms with Gasteiger partial charge in [-0.25, -0.2) is 9.69 Å². The summed E-state index contributed by atoms with van der Waals surface area (Å²) < 4.78 is 7.69. The number of fused-ring (bicyclic) bond motifs is 3. The van der Waals surface area contributed by atoms with Gasteiger partial charge in [-0.3, -0.25) is 0 Å². The number of nitrogens with zero attached hydrogens (tertiary/aromatic N) is 4. The first-order valence-corrected chi connectivity index (χ1v) is 8.55. The summed E-state index contributed by atoms with van der Waals surface area (Å²) in [5.41, 5.74) is 1.05. The molecule has 0 amide bonds. The van der Waals surface area contributed by atoms with Crippen LogP contribution in [0.4, 0.5) is 0 Å². The molecule has 0 radical (unpaired) electrons. The van der Waals surface area contributed by atoms with E-state index in [1.54, 1.807) is 29.8 Å². The molecular formula is C15H10N4OS2. The van der Waals surface area contributed by atoms with Gasteiger partial charge in [0.25, 0.3) is 0 Å². The molecule has 1 atom stereocenters. The van der Waals surface area contributed by atoms with Crippen molar-refractivity contribution in [3.63, 3.8) is 0 Å². The zero-order chi connectivity index (χ0) is 14.5. The lowest BCUT2D eigenvalue weighted by molar-refractivity contribution is 0.483. The predicted molar refractivity (Wildman–Crippen MR) is 86.7 cm³/mol. The molecule has 1 aromatic carbocycles. The second-order valence-electron chi connectivity index (χ2n) is 4.89. The summed E-state index contributed by atoms with van der Waals surface area (Å²) in [6.45, 7) is 0. The van der Waals surface area contributed by atoms with E-state index in [9.17, 15) is 0 Å². The molecule has 22 heavy (non-hydrogen) atoms. The molecule has 0 spiro atoms. The number of benzene rings is 1. The molecule has 2 aliphatic rings. The van der Waals surface area contributed by atoms with Gasteiger partial charge in [0.1, 0.15) is 10.8 Å². The Morgan fingerprint density at radius 1 is 1.05 bits per heavy atom. The summed E-state index contributed by atoms with van der Waals surface area (Å²) in [6.07, 6.45) is 1.71. The fourth-order valence-electron chi connectivity index (χ4n) is 2.63. The van der Waals surface area contributed by atoms with Crippen LogP contribution in [0.25, 0.3) is 11.4 Å². The van der Waals surface area contributed by atoms with Crippen LogP contribution in [0.3, 0.4) is 0 Å². The van der Waals surface area contributed by atoms with Crippen molar-refractivity contribution >= 4 is 23.5 Å². The third-order valence-corrected chi connectivity index (χ3v) is 5.74. The molecule has 0 bridgehead atoms. The third-order valence-electron chi connectivity index (χ3n) is 3.59. The zero-order valence-corrected chi connectivity index (χ0v) is 12.9. The first-order valence-electron chi connectivity index (χ1n) is 6.79. The standard InChI is InChI=1S/C15H10N4OS2/c1-2-5-10(6-3-1)13-16-17-15-19(13)18-12(22-15)9-21-14(18)11-7-4-8-20-11/h1-9,14H. The van der Waals surface area contributed by atoms with Gasteiger partial charge in [0, 0.05) is 11.0 Å². The largest absolute Gasteiger partial charge is 0.466 e. The third kappa shape index (κ3) is 1.69. The second kappa shape index (κ2) is 4.69. The number of furan rings is 1. The summed E-state index contributed by atoms with van der Waals surface area (Å²) in [6, 6.07) is 14.1. The van der Waals surface area contributed by atoms with Crippen LogP contribution in [-0.2, 0) is 0 Å². The van der Waals surface area contributed by atoms with Crippen molar-refractivity contribution in [2.45, 2.75) is 10.5 Å². The Morgan fingerprint density at radius 2 is 1.95 bits per heavy atom. The normalized spacial score (nSPS) is 19.2. The van der Waals surface area contributed by atoms with Gasteiger partial charge in [0.15, 0.2) is 11.2 Å². The molecule has 7 heteroatoms. The highest BCUT2D eigenvalue weighted by molar-refractivity contribution is 8.07. The van der Waals surface area contributed by atoms with Crippen LogP contribution in [0.5, 0.6) is 0 Å². The first-order chi connectivity index (χ1) is 10.9. The Morgan fingerprint density at radius 3 is 2.77 bits per heavy atom. The highest BCUT2D eigenvalue weighted by Gasteiger charge is 2.40. The molecule has 2 aromatic heterocycles. The van der Waals surface area contributed by atoms with Gasteiger partial charge in [0.05, 0.1) is 6.26 Å². The summed E-state index contributed by atoms with van der Waals surface area (Å²) in [7, 11) is 0. The maximum absolute atomic E-state index is 5.60. The molecule has 0 fully saturated rings. The molecule has 0 N–H and O–H groups in total. The van der Waals surface area contributed by atoms with Gasteiger partial charge in [-0.15, -0.1) is 10.2 Å². The number of thioether (sulfide) groups is 2. The van der Waals surface area contributed by atoms with Gasteiger partial charge in [-0.2, -0.15) is 0 Å². The molecule has 0 saturated carbocycles. The van der Waals surface area contributed by atoms with Crippen molar-refractivity contribution in [2.75, 3.05) is 5.01 Å². The van der Waals surface area contributed by atoms with Crippen molar-refractivity contribution < 1.29 is 4.42 Å². The van der Waals surface area contributed by atoms with E-state index in [0.29, 0.717) is 0 Å². The molecule has 0 saturated heterocycles. The van der Waals surface area contributed by atoms with E-state index in [1.807, 2.05) is 30.3 Å². The van der Waals surface area contributed by atoms with Crippen molar-refractivity contribution in [1.82, 2.24) is 14.9 Å². The number of hydrogen-bond acceptors (Lipinski definition) is 6. The van der Waals surface area contributed by atoms with Crippen LogP contribution in [-0.4, -0.2) is 14.9 Å². The van der Waals surface area contributed by atoms with E-state index in [2.05, 4.69) is 37.4 Å². The topological polar surface area (TPSA) is 47.1 Å². The lowest BCUT2D eigenvalue weighted by atomic mass is 10.2. The van der Waals surface area contributed by atoms with E-state index in [-0.39, 0.29) is 5.37 Å². The lowest BCUT2D eigenvalue weighted by Crippen LogP contribution is -2.29. The van der Waals surface area contributed by atoms with E-state index >= 15 is 0 Å². The molecule has 5 rings (SSSR count). The SMILES string of the molecule is C1=C2Sc3nnc(-c4ccccc4)n3N2C(c2ccco2)S1. The fourth-order valence-corrected chi connectivity index (χ4v) is 4.81. The quantitative estimate of drug-likeness (QED) is 0.713. The van der Waals surface area contributed by atoms with E-state index in [1.165, 1.54) is 0 Å². The summed E-state index contributed by atoms with van der Waals surface area (Å²) in [5, 5.41) is 15.2. The van der Waals surface area contributed by atoms with Crippen molar-refractivity contribution in [3.05, 3.63) is 64.9 Å². The maximum Gasteiger partial charge on any atom is 0.217 e. The van der Waals surface area contributed by atoms with Gasteiger partial charge in [-0.1, -0.05) is 42.1 Å². The maximum atomic E-state index is 5.60. The minimum atomic E-state index is 0.0808. The summed E-state index contributed by atoms with van der Waals surface area (Å²) in [5.74, 6) is 1.78. The molecule has 2 aliphatic heterocycles. The lowest BCUT2D eigenvalue weighted by Gasteiger charge is -2.23. The zero-order valence-electron chi connectivity index (χ0n) is 11.3. The van der Waals surface area contributed by atoms with Crippen LogP contribution in [0, 0.1) is 0 Å². The predicted octanol–water partition coefficient (Wildman–Crippen LogP) is 3.83. The van der Waals surface area contributed by atoms with Gasteiger partial charge >= 0.3 is 0 Å². The van der Waals surface area contributed by atoms with Crippen LogP contribution in [0.15, 0.2) is 68.7 Å². The minimum Gasteiger partial charge on any atom is -0.466 e. The molecule has 3 aromatic rings. The van der Waals surface area contributed by atoms with E-state index < -0.39 is 0 Å². The van der Waals surface area contributed by atoms with Crippen LogP contribution in [0.1, 0.15) is 11.1 Å². The highest BCUT2D eigenvalue weighted by Crippen LogP contribution is 2.51. The Labute approximate surface area is 135 Å². The Bertz CT molecular complexity index is 857. The van der Waals surface area contributed by atoms with Crippen molar-refractivity contribution in [3.8, 4) is 11.4 Å². The fraction of sp³-hybridized carbons (Fsp3) is 0.0667. The van der Waals surface area contributed by atoms with Gasteiger partial charge in [-0.05, 0) is 23.9 Å². The molecule has 108 valence electrons. The first kappa shape index (κ1) is 12.4. The monoisotopic (exact) mass is 326 g/mol. The molecule has 0 aliphatic carbocycles. The number of rotatable bonds is 2. The van der Waals surface area contributed by atoms with Crippen LogP contribution >= 0.6 is 23.5 Å². The smallest absolute Gasteiger partial charge is 0.217 e. The summed E-state index contributed by atoms with van der Waals surface area (Å²) in [4.78, 5) is 0. The second-order valence-corrected chi connectivity index (χ2v) is 6.83. The molecular weight excluding hydrogens is 316 g/mol. The summed E-state index contributed by atoms with van der Waals surface area (Å²) >= 11 is 3.37. The highest BCUT2D eigenvalue weighted by atomic mass is 32.2. The van der Waals surface area contributed by atoms with Crippen molar-refractivity contribution in [1.29, 1.82) is 0 Å². The van der Waals surface area contributed by atoms with Crippen molar-refractivity contribution in [2.24, 2.45) is 0 Å². The molecule has 1 unspecified atom stereocenters. The molecule has 5 nitrogen and oxygen atoms in total. The Hall–Kier alpha value is -2.12. The average Bonchev–Trinajstić information content (AvgIpc) is 3.29. The van der Waals surface area contributed by atoms with E-state index in [4.69, 9.17) is 4.42 Å². The van der Waals surface area contributed by atoms with Crippen LogP contribution < -0.4 is 5.01 Å². The van der Waals surface area contributed by atoms with Gasteiger partial charge in [0.2, 0.25) is 5.16 Å². The number of hydrogen-bond donors (Lipinski definition) is 0. The number of aromatic nitrogens is 3. The average molecular weight is 326 g/mol.